The molecule has 0 aliphatic heterocycles. The van der Waals surface area contributed by atoms with Gasteiger partial charge in [-0.1, -0.05) is 6.07 Å². The van der Waals surface area contributed by atoms with E-state index in [1.807, 2.05) is 0 Å². The van der Waals surface area contributed by atoms with Crippen LogP contribution in [0, 0.1) is 17.0 Å². The molecule has 0 unspecified atom stereocenters. The molecule has 1 amide bonds. The number of methoxy groups -OCH3 is 1. The largest absolute Gasteiger partial charge is 0.383 e. The Labute approximate surface area is 111 Å². The summed E-state index contributed by atoms with van der Waals surface area (Å²) in [4.78, 5) is 21.9. The van der Waals surface area contributed by atoms with Crippen LogP contribution in [0.5, 0.6) is 0 Å². The van der Waals surface area contributed by atoms with E-state index in [4.69, 9.17) is 4.74 Å². The average Bonchev–Trinajstić information content (AvgIpc) is 2.37. The van der Waals surface area contributed by atoms with Crippen LogP contribution in [0.2, 0.25) is 0 Å². The molecule has 2 N–H and O–H groups in total. The minimum atomic E-state index is -0.470. The highest BCUT2D eigenvalue weighted by Gasteiger charge is 2.14. The normalized spacial score (nSPS) is 10.2. The number of carbonyl (C=O) groups excluding carboxylic acids is 1. The number of nitrogens with one attached hydrogen (secondary N) is 2. The number of benzene rings is 1. The van der Waals surface area contributed by atoms with Crippen LogP contribution in [0.25, 0.3) is 0 Å². The van der Waals surface area contributed by atoms with Crippen molar-refractivity contribution in [3.05, 3.63) is 33.9 Å². The fraction of sp³-hybridized carbons (Fsp3) is 0.417. The van der Waals surface area contributed by atoms with E-state index < -0.39 is 4.92 Å². The fourth-order valence-electron chi connectivity index (χ4n) is 1.53. The third-order valence-corrected chi connectivity index (χ3v) is 2.54. The zero-order chi connectivity index (χ0) is 14.3. The summed E-state index contributed by atoms with van der Waals surface area (Å²) in [5, 5.41) is 16.3. The van der Waals surface area contributed by atoms with Gasteiger partial charge in [-0.3, -0.25) is 14.9 Å². The van der Waals surface area contributed by atoms with Gasteiger partial charge in [-0.2, -0.15) is 0 Å². The quantitative estimate of drug-likeness (QED) is 0.438. The summed E-state index contributed by atoms with van der Waals surface area (Å²) in [5.74, 6) is -0.250. The van der Waals surface area contributed by atoms with Gasteiger partial charge in [0.25, 0.3) is 5.69 Å². The van der Waals surface area contributed by atoms with Crippen LogP contribution in [0.15, 0.2) is 18.2 Å². The third-order valence-electron chi connectivity index (χ3n) is 2.54. The van der Waals surface area contributed by atoms with Crippen molar-refractivity contribution in [3.63, 3.8) is 0 Å². The lowest BCUT2D eigenvalue weighted by molar-refractivity contribution is -0.385. The van der Waals surface area contributed by atoms with E-state index in [1.165, 1.54) is 6.07 Å². The molecule has 0 saturated carbocycles. The van der Waals surface area contributed by atoms with Gasteiger partial charge >= 0.3 is 0 Å². The summed E-state index contributed by atoms with van der Waals surface area (Å²) >= 11 is 0. The van der Waals surface area contributed by atoms with Crippen LogP contribution in [0.3, 0.4) is 0 Å². The molecule has 1 rings (SSSR count). The Morgan fingerprint density at radius 3 is 2.84 bits per heavy atom. The van der Waals surface area contributed by atoms with Crippen LogP contribution >= 0.6 is 0 Å². The van der Waals surface area contributed by atoms with Crippen molar-refractivity contribution in [1.29, 1.82) is 0 Å². The Hall–Kier alpha value is -1.99. The van der Waals surface area contributed by atoms with Gasteiger partial charge in [-0.25, -0.2) is 0 Å². The maximum absolute atomic E-state index is 11.6. The molecule has 0 saturated heterocycles. The smallest absolute Gasteiger partial charge is 0.274 e. The number of ether oxygens (including phenoxy) is 1. The number of amides is 1. The SMILES string of the molecule is COCCNCC(=O)Nc1cccc([N+](=O)[O-])c1C. The number of nitrogens with zero attached hydrogens (tertiary/aromatic N) is 1. The second kappa shape index (κ2) is 7.45. The summed E-state index contributed by atoms with van der Waals surface area (Å²) in [7, 11) is 1.58. The van der Waals surface area contributed by atoms with E-state index in [2.05, 4.69) is 10.6 Å². The standard InChI is InChI=1S/C12H17N3O4/c1-9-10(4-3-5-11(9)15(17)18)14-12(16)8-13-6-7-19-2/h3-5,13H,6-8H2,1-2H3,(H,14,16). The highest BCUT2D eigenvalue weighted by atomic mass is 16.6. The van der Waals surface area contributed by atoms with E-state index in [0.29, 0.717) is 24.4 Å². The zero-order valence-electron chi connectivity index (χ0n) is 10.9. The van der Waals surface area contributed by atoms with Crippen LogP contribution < -0.4 is 10.6 Å². The van der Waals surface area contributed by atoms with Crippen molar-refractivity contribution in [2.24, 2.45) is 0 Å². The Morgan fingerprint density at radius 2 is 2.21 bits per heavy atom. The number of rotatable bonds is 7. The lowest BCUT2D eigenvalue weighted by atomic mass is 10.1. The molecular weight excluding hydrogens is 250 g/mol. The lowest BCUT2D eigenvalue weighted by Crippen LogP contribution is -2.30. The molecule has 0 spiro atoms. The van der Waals surface area contributed by atoms with Gasteiger partial charge in [-0.05, 0) is 13.0 Å². The maximum atomic E-state index is 11.6. The molecule has 0 bridgehead atoms. The van der Waals surface area contributed by atoms with Crippen LogP contribution in [-0.4, -0.2) is 37.6 Å². The molecule has 19 heavy (non-hydrogen) atoms. The second-order valence-corrected chi connectivity index (χ2v) is 3.92. The van der Waals surface area contributed by atoms with E-state index in [0.717, 1.165) is 0 Å². The van der Waals surface area contributed by atoms with Gasteiger partial charge < -0.3 is 15.4 Å². The Kier molecular flexibility index (Phi) is 5.91. The average molecular weight is 267 g/mol. The van der Waals surface area contributed by atoms with E-state index in [9.17, 15) is 14.9 Å². The van der Waals surface area contributed by atoms with Crippen molar-refractivity contribution in [1.82, 2.24) is 5.32 Å². The van der Waals surface area contributed by atoms with E-state index in [-0.39, 0.29) is 18.1 Å². The van der Waals surface area contributed by atoms with Gasteiger partial charge in [0.1, 0.15) is 0 Å². The zero-order valence-corrected chi connectivity index (χ0v) is 10.9. The second-order valence-electron chi connectivity index (χ2n) is 3.92. The third kappa shape index (κ3) is 4.65. The minimum absolute atomic E-state index is 0.00913. The molecule has 1 aromatic rings. The van der Waals surface area contributed by atoms with Crippen LogP contribution in [0.1, 0.15) is 5.56 Å². The van der Waals surface area contributed by atoms with E-state index in [1.54, 1.807) is 26.2 Å². The molecule has 0 heterocycles. The molecule has 0 aromatic heterocycles. The molecule has 7 heteroatoms. The first-order valence-corrected chi connectivity index (χ1v) is 5.79. The van der Waals surface area contributed by atoms with Gasteiger partial charge in [0.05, 0.1) is 29.3 Å². The Bertz CT molecular complexity index is 462. The summed E-state index contributed by atoms with van der Waals surface area (Å²) in [6, 6.07) is 4.58. The van der Waals surface area contributed by atoms with Crippen molar-refractivity contribution < 1.29 is 14.5 Å². The number of nitro benzene ring substituents is 1. The number of nitro groups is 1. The van der Waals surface area contributed by atoms with Gasteiger partial charge in [0.15, 0.2) is 0 Å². The summed E-state index contributed by atoms with van der Waals surface area (Å²) in [5.41, 5.74) is 0.885. The molecule has 1 aromatic carbocycles. The van der Waals surface area contributed by atoms with Gasteiger partial charge in [-0.15, -0.1) is 0 Å². The Morgan fingerprint density at radius 1 is 1.47 bits per heavy atom. The first-order valence-electron chi connectivity index (χ1n) is 5.79. The number of hydrogen-bond donors (Lipinski definition) is 2. The van der Waals surface area contributed by atoms with Crippen molar-refractivity contribution in [2.75, 3.05) is 32.1 Å². The van der Waals surface area contributed by atoms with Crippen molar-refractivity contribution in [2.45, 2.75) is 6.92 Å². The summed E-state index contributed by atoms with van der Waals surface area (Å²) in [6.07, 6.45) is 0. The fourth-order valence-corrected chi connectivity index (χ4v) is 1.53. The van der Waals surface area contributed by atoms with Gasteiger partial charge in [0.2, 0.25) is 5.91 Å². The maximum Gasteiger partial charge on any atom is 0.274 e. The molecule has 0 aliphatic carbocycles. The van der Waals surface area contributed by atoms with E-state index >= 15 is 0 Å². The lowest BCUT2D eigenvalue weighted by Gasteiger charge is -2.09. The molecule has 104 valence electrons. The van der Waals surface area contributed by atoms with Gasteiger partial charge in [0, 0.05) is 19.7 Å². The van der Waals surface area contributed by atoms with Crippen molar-refractivity contribution in [3.8, 4) is 0 Å². The minimum Gasteiger partial charge on any atom is -0.383 e. The highest BCUT2D eigenvalue weighted by Crippen LogP contribution is 2.24. The van der Waals surface area contributed by atoms with Crippen LogP contribution in [-0.2, 0) is 9.53 Å². The predicted octanol–water partition coefficient (Wildman–Crippen LogP) is 1.08. The summed E-state index contributed by atoms with van der Waals surface area (Å²) < 4.78 is 4.83. The first kappa shape index (κ1) is 15.1. The predicted molar refractivity (Wildman–Crippen MR) is 71.2 cm³/mol. The molecule has 7 nitrogen and oxygen atoms in total. The molecule has 0 fully saturated rings. The monoisotopic (exact) mass is 267 g/mol. The van der Waals surface area contributed by atoms with Crippen molar-refractivity contribution >= 4 is 17.3 Å². The first-order chi connectivity index (χ1) is 9.06. The topological polar surface area (TPSA) is 93.5 Å². The summed E-state index contributed by atoms with van der Waals surface area (Å²) in [6.45, 7) is 2.82. The Balaban J connectivity index is 2.59. The number of hydrogen-bond acceptors (Lipinski definition) is 5. The number of carbonyl (C=O) groups is 1. The molecular formula is C12H17N3O4. The van der Waals surface area contributed by atoms with Crippen LogP contribution in [0.4, 0.5) is 11.4 Å². The molecule has 0 radical (unpaired) electrons. The molecule has 0 atom stereocenters. The molecule has 0 aliphatic rings. The number of anilines is 1. The highest BCUT2D eigenvalue weighted by molar-refractivity contribution is 5.93.